The summed E-state index contributed by atoms with van der Waals surface area (Å²) in [6, 6.07) is 0. The Morgan fingerprint density at radius 2 is 1.00 bits per heavy atom. The van der Waals surface area contributed by atoms with Gasteiger partial charge in [-0.2, -0.15) is 0 Å². The van der Waals surface area contributed by atoms with Crippen molar-refractivity contribution in [3.05, 3.63) is 23.3 Å². The van der Waals surface area contributed by atoms with Gasteiger partial charge < -0.3 is 10.2 Å². The van der Waals surface area contributed by atoms with Crippen LogP contribution in [0.5, 0.6) is 0 Å². The highest BCUT2D eigenvalue weighted by atomic mass is 16.3. The summed E-state index contributed by atoms with van der Waals surface area (Å²) in [4.78, 5) is 0. The number of aliphatic hydroxyl groups excluding tert-OH is 2. The highest BCUT2D eigenvalue weighted by Gasteiger charge is 2.37. The third-order valence-corrected chi connectivity index (χ3v) is 5.29. The van der Waals surface area contributed by atoms with E-state index in [-0.39, 0.29) is 24.0 Å². The quantitative estimate of drug-likeness (QED) is 0.526. The Morgan fingerprint density at radius 3 is 1.21 bits per heavy atom. The van der Waals surface area contributed by atoms with Crippen molar-refractivity contribution in [1.29, 1.82) is 0 Å². The van der Waals surface area contributed by atoms with Gasteiger partial charge in [-0.05, 0) is 62.2 Å². The molecule has 0 amide bonds. The average molecular weight is 339 g/mol. The van der Waals surface area contributed by atoms with Crippen LogP contribution in [0, 0.1) is 22.7 Å². The zero-order valence-electron chi connectivity index (χ0n) is 17.4. The fraction of sp³-hybridized carbons (Fsp3) is 0.818. The van der Waals surface area contributed by atoms with Gasteiger partial charge in [0.1, 0.15) is 0 Å². The Balaban J connectivity index is 5.30. The van der Waals surface area contributed by atoms with E-state index in [0.29, 0.717) is 11.8 Å². The first kappa shape index (κ1) is 23.4. The molecule has 0 aliphatic heterocycles. The number of hydrogen-bond acceptors (Lipinski definition) is 2. The predicted molar refractivity (Wildman–Crippen MR) is 106 cm³/mol. The lowest BCUT2D eigenvalue weighted by atomic mass is 9.61. The largest absolute Gasteiger partial charge is 0.392 e. The summed E-state index contributed by atoms with van der Waals surface area (Å²) in [5.41, 5.74) is 3.09. The van der Waals surface area contributed by atoms with E-state index in [9.17, 15) is 0 Å². The summed E-state index contributed by atoms with van der Waals surface area (Å²) in [6.07, 6.45) is 8.30. The third kappa shape index (κ3) is 9.03. The summed E-state index contributed by atoms with van der Waals surface area (Å²) < 4.78 is 0. The van der Waals surface area contributed by atoms with E-state index in [1.165, 1.54) is 11.1 Å². The first-order valence-corrected chi connectivity index (χ1v) is 9.46. The van der Waals surface area contributed by atoms with Crippen LogP contribution < -0.4 is 0 Å². The molecule has 0 spiro atoms. The van der Waals surface area contributed by atoms with Crippen LogP contribution in [-0.2, 0) is 0 Å². The molecule has 2 unspecified atom stereocenters. The first-order chi connectivity index (χ1) is 10.9. The molecule has 0 aromatic rings. The molecule has 2 N–H and O–H groups in total. The van der Waals surface area contributed by atoms with E-state index in [2.05, 4.69) is 55.4 Å². The van der Waals surface area contributed by atoms with Crippen LogP contribution in [0.3, 0.4) is 0 Å². The molecule has 0 rings (SSSR count). The molecule has 0 heterocycles. The fourth-order valence-electron chi connectivity index (χ4n) is 3.76. The molecule has 0 aromatic heterocycles. The number of hydrogen-bond donors (Lipinski definition) is 2. The van der Waals surface area contributed by atoms with E-state index in [4.69, 9.17) is 10.2 Å². The van der Waals surface area contributed by atoms with Crippen LogP contribution in [0.4, 0.5) is 0 Å². The van der Waals surface area contributed by atoms with Gasteiger partial charge in [-0.15, -0.1) is 0 Å². The van der Waals surface area contributed by atoms with Gasteiger partial charge in [-0.1, -0.05) is 64.8 Å². The third-order valence-electron chi connectivity index (χ3n) is 5.29. The molecule has 0 saturated carbocycles. The van der Waals surface area contributed by atoms with Crippen molar-refractivity contribution in [3.63, 3.8) is 0 Å². The molecule has 0 radical (unpaired) electrons. The maximum absolute atomic E-state index is 9.09. The summed E-state index contributed by atoms with van der Waals surface area (Å²) in [5, 5.41) is 18.2. The van der Waals surface area contributed by atoms with Crippen molar-refractivity contribution >= 4 is 0 Å². The Labute approximate surface area is 151 Å². The van der Waals surface area contributed by atoms with E-state index in [1.54, 1.807) is 0 Å². The molecule has 0 aromatic carbocycles. The highest BCUT2D eigenvalue weighted by Crippen LogP contribution is 2.46. The molecule has 2 heteroatoms. The lowest BCUT2D eigenvalue weighted by molar-refractivity contribution is 0.0577. The maximum atomic E-state index is 9.09. The van der Waals surface area contributed by atoms with Gasteiger partial charge in [0.2, 0.25) is 0 Å². The molecule has 0 aliphatic carbocycles. The summed E-state index contributed by atoms with van der Waals surface area (Å²) in [5.74, 6) is 1.25. The normalized spacial score (nSPS) is 17.1. The van der Waals surface area contributed by atoms with Gasteiger partial charge in [-0.25, -0.2) is 0 Å². The van der Waals surface area contributed by atoms with E-state index in [1.807, 2.05) is 12.2 Å². The molecule has 24 heavy (non-hydrogen) atoms. The van der Waals surface area contributed by atoms with Crippen LogP contribution in [0.2, 0.25) is 0 Å². The number of allylic oxidation sites excluding steroid dienone is 2. The number of aliphatic hydroxyl groups is 2. The molecule has 0 saturated heterocycles. The second-order valence-electron chi connectivity index (χ2n) is 9.49. The predicted octanol–water partition coefficient (Wildman–Crippen LogP) is 5.75. The molecule has 0 bridgehead atoms. The zero-order valence-corrected chi connectivity index (χ0v) is 17.4. The Bertz CT molecular complexity index is 365. The number of rotatable bonds is 9. The fourth-order valence-corrected chi connectivity index (χ4v) is 3.76. The lowest BCUT2D eigenvalue weighted by Gasteiger charge is -2.44. The topological polar surface area (TPSA) is 40.5 Å². The van der Waals surface area contributed by atoms with Crippen molar-refractivity contribution in [1.82, 2.24) is 0 Å². The maximum Gasteiger partial charge on any atom is 0.0614 e. The average Bonchev–Trinajstić information content (AvgIpc) is 2.40. The van der Waals surface area contributed by atoms with Gasteiger partial charge in [-0.3, -0.25) is 0 Å². The molecular formula is C22H42O2. The van der Waals surface area contributed by atoms with Crippen LogP contribution in [0.25, 0.3) is 0 Å². The van der Waals surface area contributed by atoms with Crippen LogP contribution in [0.15, 0.2) is 23.3 Å². The van der Waals surface area contributed by atoms with Crippen LogP contribution in [0.1, 0.15) is 81.1 Å². The molecular weight excluding hydrogens is 296 g/mol. The first-order valence-electron chi connectivity index (χ1n) is 9.46. The molecule has 0 aliphatic rings. The SMILES string of the molecule is C/C(=C/CO)CCC(C(CC/C(C)=C\CO)C(C)(C)C)C(C)(C)C. The monoisotopic (exact) mass is 338 g/mol. The standard InChI is InChI=1S/C22H42O2/c1-17(13-15-23)9-11-19(21(3,4)5)20(22(6,7)8)12-10-18(2)14-16-24/h13-14,19-20,23-24H,9-12,15-16H2,1-8H3/b17-13-,18-14-. The van der Waals surface area contributed by atoms with Gasteiger partial charge in [0.15, 0.2) is 0 Å². The highest BCUT2D eigenvalue weighted by molar-refractivity contribution is 5.01. The van der Waals surface area contributed by atoms with E-state index < -0.39 is 0 Å². The van der Waals surface area contributed by atoms with Crippen molar-refractivity contribution < 1.29 is 10.2 Å². The smallest absolute Gasteiger partial charge is 0.0614 e. The molecule has 2 nitrogen and oxygen atoms in total. The lowest BCUT2D eigenvalue weighted by Crippen LogP contribution is -2.36. The van der Waals surface area contributed by atoms with Crippen LogP contribution >= 0.6 is 0 Å². The van der Waals surface area contributed by atoms with Gasteiger partial charge >= 0.3 is 0 Å². The molecule has 142 valence electrons. The van der Waals surface area contributed by atoms with Crippen molar-refractivity contribution in [2.75, 3.05) is 13.2 Å². The molecule has 2 atom stereocenters. The zero-order chi connectivity index (χ0) is 19.0. The summed E-state index contributed by atoms with van der Waals surface area (Å²) >= 11 is 0. The minimum Gasteiger partial charge on any atom is -0.392 e. The van der Waals surface area contributed by atoms with Gasteiger partial charge in [0.25, 0.3) is 0 Å². The minimum atomic E-state index is 0.139. The Hall–Kier alpha value is -0.600. The second-order valence-corrected chi connectivity index (χ2v) is 9.49. The van der Waals surface area contributed by atoms with Gasteiger partial charge in [0.05, 0.1) is 13.2 Å². The van der Waals surface area contributed by atoms with Gasteiger partial charge in [0, 0.05) is 0 Å². The summed E-state index contributed by atoms with van der Waals surface area (Å²) in [6.45, 7) is 18.7. The Kier molecular flexibility index (Phi) is 10.1. The summed E-state index contributed by atoms with van der Waals surface area (Å²) in [7, 11) is 0. The second kappa shape index (κ2) is 10.4. The van der Waals surface area contributed by atoms with Crippen molar-refractivity contribution in [2.45, 2.75) is 81.1 Å². The van der Waals surface area contributed by atoms with E-state index >= 15 is 0 Å². The van der Waals surface area contributed by atoms with E-state index in [0.717, 1.165) is 25.7 Å². The molecule has 0 fully saturated rings. The van der Waals surface area contributed by atoms with Crippen LogP contribution in [-0.4, -0.2) is 23.4 Å². The van der Waals surface area contributed by atoms with Crippen molar-refractivity contribution in [3.8, 4) is 0 Å². The minimum absolute atomic E-state index is 0.139. The Morgan fingerprint density at radius 1 is 0.708 bits per heavy atom. The van der Waals surface area contributed by atoms with Crippen molar-refractivity contribution in [2.24, 2.45) is 22.7 Å².